The second-order valence-corrected chi connectivity index (χ2v) is 5.07. The molecule has 0 bridgehead atoms. The number of allylic oxidation sites excluding steroid dienone is 1. The molecule has 7 heteroatoms. The van der Waals surface area contributed by atoms with Gasteiger partial charge in [-0.25, -0.2) is 4.98 Å². The predicted octanol–water partition coefficient (Wildman–Crippen LogP) is 3.24. The molecule has 19 heavy (non-hydrogen) atoms. The van der Waals surface area contributed by atoms with Gasteiger partial charge in [0.25, 0.3) is 5.91 Å². The maximum atomic E-state index is 11.7. The Morgan fingerprint density at radius 1 is 1.58 bits per heavy atom. The second kappa shape index (κ2) is 5.26. The van der Waals surface area contributed by atoms with E-state index in [0.29, 0.717) is 15.7 Å². The molecule has 1 aromatic carbocycles. The summed E-state index contributed by atoms with van der Waals surface area (Å²) in [4.78, 5) is 15.9. The number of rotatable bonds is 2. The van der Waals surface area contributed by atoms with Crippen LogP contribution in [0.25, 0.3) is 10.2 Å². The highest BCUT2D eigenvalue weighted by Crippen LogP contribution is 2.30. The number of benzene rings is 1. The number of hydrogen-bond acceptors (Lipinski definition) is 5. The van der Waals surface area contributed by atoms with Crippen LogP contribution in [-0.4, -0.2) is 16.0 Å². The number of aromatic nitrogens is 1. The average Bonchev–Trinajstić information content (AvgIpc) is 2.73. The molecule has 0 aliphatic heterocycles. The van der Waals surface area contributed by atoms with Gasteiger partial charge in [-0.2, -0.15) is 5.26 Å². The van der Waals surface area contributed by atoms with Gasteiger partial charge in [-0.3, -0.25) is 10.1 Å². The van der Waals surface area contributed by atoms with Crippen LogP contribution in [0.15, 0.2) is 29.5 Å². The monoisotopic (exact) mass is 293 g/mol. The third-order valence-corrected chi connectivity index (χ3v) is 3.53. The molecule has 0 saturated carbocycles. The number of nitrogens with zero attached hydrogens (tertiary/aromatic N) is 2. The van der Waals surface area contributed by atoms with Crippen LogP contribution in [0.4, 0.5) is 5.13 Å². The number of carbonyl (C=O) groups excluding carboxylic acids is 1. The lowest BCUT2D eigenvalue weighted by Crippen LogP contribution is -2.14. The van der Waals surface area contributed by atoms with Gasteiger partial charge in [0.2, 0.25) is 0 Å². The summed E-state index contributed by atoms with van der Waals surface area (Å²) in [6.45, 7) is 1.27. The molecule has 0 aliphatic carbocycles. The van der Waals surface area contributed by atoms with Crippen LogP contribution in [-0.2, 0) is 4.79 Å². The van der Waals surface area contributed by atoms with E-state index in [1.165, 1.54) is 18.3 Å². The third kappa shape index (κ3) is 2.67. The fourth-order valence-corrected chi connectivity index (χ4v) is 2.58. The van der Waals surface area contributed by atoms with Crippen molar-refractivity contribution in [1.82, 2.24) is 4.98 Å². The minimum absolute atomic E-state index is 0.321. The number of aliphatic hydroxyl groups excluding tert-OH is 1. The molecule has 0 atom stereocenters. The first-order valence-corrected chi connectivity index (χ1v) is 6.38. The van der Waals surface area contributed by atoms with Crippen LogP contribution in [0.1, 0.15) is 6.92 Å². The van der Waals surface area contributed by atoms with Gasteiger partial charge in [-0.05, 0) is 19.1 Å². The summed E-state index contributed by atoms with van der Waals surface area (Å²) in [7, 11) is 0. The van der Waals surface area contributed by atoms with Crippen LogP contribution < -0.4 is 5.32 Å². The highest BCUT2D eigenvalue weighted by Gasteiger charge is 2.15. The van der Waals surface area contributed by atoms with Gasteiger partial charge in [0.1, 0.15) is 17.3 Å². The molecule has 5 nitrogen and oxygen atoms in total. The first-order chi connectivity index (χ1) is 9.02. The Hall–Kier alpha value is -2.10. The molecule has 1 amide bonds. The maximum Gasteiger partial charge on any atom is 0.271 e. The molecule has 0 fully saturated rings. The quantitative estimate of drug-likeness (QED) is 0.505. The summed E-state index contributed by atoms with van der Waals surface area (Å²) in [5.74, 6) is -1.03. The number of hydrogen-bond donors (Lipinski definition) is 2. The molecule has 2 rings (SSSR count). The SMILES string of the molecule is C/C(O)=C(\C#N)C(=O)Nc1nc2c(Cl)cccc2s1. The zero-order chi connectivity index (χ0) is 14.0. The lowest BCUT2D eigenvalue weighted by Gasteiger charge is -1.99. The number of halogens is 1. The normalized spacial score (nSPS) is 11.8. The Labute approximate surface area is 117 Å². The van der Waals surface area contributed by atoms with Crippen LogP contribution in [0.2, 0.25) is 5.02 Å². The molecule has 0 radical (unpaired) electrons. The minimum Gasteiger partial charge on any atom is -0.511 e. The van der Waals surface area contributed by atoms with E-state index >= 15 is 0 Å². The van der Waals surface area contributed by atoms with E-state index < -0.39 is 5.91 Å². The molecule has 1 heterocycles. The van der Waals surface area contributed by atoms with Gasteiger partial charge in [-0.15, -0.1) is 0 Å². The van der Waals surface area contributed by atoms with Gasteiger partial charge in [0, 0.05) is 0 Å². The van der Waals surface area contributed by atoms with Crippen molar-refractivity contribution < 1.29 is 9.90 Å². The zero-order valence-electron chi connectivity index (χ0n) is 9.77. The van der Waals surface area contributed by atoms with Crippen molar-refractivity contribution in [2.24, 2.45) is 0 Å². The number of nitrogens with one attached hydrogen (secondary N) is 1. The second-order valence-electron chi connectivity index (χ2n) is 3.63. The van der Waals surface area contributed by atoms with Crippen LogP contribution in [0.5, 0.6) is 0 Å². The summed E-state index contributed by atoms with van der Waals surface area (Å²) in [6.07, 6.45) is 0. The molecule has 2 N–H and O–H groups in total. The average molecular weight is 294 g/mol. The molecule has 0 spiro atoms. The van der Waals surface area contributed by atoms with Crippen molar-refractivity contribution in [1.29, 1.82) is 5.26 Å². The lowest BCUT2D eigenvalue weighted by atomic mass is 10.2. The van der Waals surface area contributed by atoms with E-state index in [2.05, 4.69) is 10.3 Å². The molecule has 96 valence electrons. The number of nitriles is 1. The van der Waals surface area contributed by atoms with Crippen LogP contribution in [0.3, 0.4) is 0 Å². The predicted molar refractivity (Wildman–Crippen MR) is 74.2 cm³/mol. The molecule has 0 unspecified atom stereocenters. The zero-order valence-corrected chi connectivity index (χ0v) is 11.3. The van der Waals surface area contributed by atoms with E-state index in [9.17, 15) is 9.90 Å². The van der Waals surface area contributed by atoms with Gasteiger partial charge >= 0.3 is 0 Å². The number of carbonyl (C=O) groups is 1. The Kier molecular flexibility index (Phi) is 3.69. The third-order valence-electron chi connectivity index (χ3n) is 2.29. The van der Waals surface area contributed by atoms with E-state index in [-0.39, 0.29) is 11.3 Å². The van der Waals surface area contributed by atoms with Gasteiger partial charge in [0.15, 0.2) is 10.7 Å². The first kappa shape index (κ1) is 13.3. The highest BCUT2D eigenvalue weighted by atomic mass is 35.5. The van der Waals surface area contributed by atoms with E-state index in [4.69, 9.17) is 16.9 Å². The fraction of sp³-hybridized carbons (Fsp3) is 0.0833. The summed E-state index contributed by atoms with van der Waals surface area (Å²) >= 11 is 7.22. The topological polar surface area (TPSA) is 86.0 Å². The number of aliphatic hydroxyl groups is 1. The van der Waals surface area contributed by atoms with E-state index in [0.717, 1.165) is 4.70 Å². The smallest absolute Gasteiger partial charge is 0.271 e. The molecule has 0 saturated heterocycles. The summed E-state index contributed by atoms with van der Waals surface area (Å²) < 4.78 is 0.825. The molecular weight excluding hydrogens is 286 g/mol. The van der Waals surface area contributed by atoms with Crippen LogP contribution >= 0.6 is 22.9 Å². The largest absolute Gasteiger partial charge is 0.511 e. The molecule has 1 aromatic heterocycles. The van der Waals surface area contributed by atoms with Gasteiger partial charge in [0.05, 0.1) is 9.72 Å². The Morgan fingerprint density at radius 2 is 2.32 bits per heavy atom. The van der Waals surface area contributed by atoms with Gasteiger partial charge < -0.3 is 5.11 Å². The van der Waals surface area contributed by atoms with Crippen molar-refractivity contribution in [3.63, 3.8) is 0 Å². The van der Waals surface area contributed by atoms with Crippen molar-refractivity contribution in [3.8, 4) is 6.07 Å². The summed E-state index contributed by atoms with van der Waals surface area (Å²) in [5, 5.41) is 21.2. The molecule has 2 aromatic rings. The summed E-state index contributed by atoms with van der Waals surface area (Å²) in [5.41, 5.74) is 0.248. The Bertz CT molecular complexity index is 726. The number of para-hydroxylation sites is 1. The highest BCUT2D eigenvalue weighted by molar-refractivity contribution is 7.22. The first-order valence-electron chi connectivity index (χ1n) is 5.19. The minimum atomic E-state index is -0.697. The van der Waals surface area contributed by atoms with Gasteiger partial charge in [-0.1, -0.05) is 29.0 Å². The fourth-order valence-electron chi connectivity index (χ4n) is 1.42. The lowest BCUT2D eigenvalue weighted by molar-refractivity contribution is -0.112. The maximum absolute atomic E-state index is 11.7. The number of anilines is 1. The molecule has 0 aliphatic rings. The number of amides is 1. The van der Waals surface area contributed by atoms with Crippen molar-refractivity contribution >= 4 is 44.2 Å². The number of fused-ring (bicyclic) bond motifs is 1. The van der Waals surface area contributed by atoms with Crippen molar-refractivity contribution in [2.45, 2.75) is 6.92 Å². The van der Waals surface area contributed by atoms with E-state index in [1.807, 2.05) is 6.07 Å². The Balaban J connectivity index is 2.33. The van der Waals surface area contributed by atoms with Crippen LogP contribution in [0, 0.1) is 11.3 Å². The van der Waals surface area contributed by atoms with Crippen molar-refractivity contribution in [3.05, 3.63) is 34.6 Å². The van der Waals surface area contributed by atoms with E-state index in [1.54, 1.807) is 18.2 Å². The number of thiazole rings is 1. The Morgan fingerprint density at radius 3 is 2.89 bits per heavy atom. The van der Waals surface area contributed by atoms with Crippen molar-refractivity contribution in [2.75, 3.05) is 5.32 Å². The molecular formula is C12H8ClN3O2S. The summed E-state index contributed by atoms with van der Waals surface area (Å²) in [6, 6.07) is 6.95. The standard InChI is InChI=1S/C12H8ClN3O2S/c1-6(17)7(5-14)11(18)16-12-15-10-8(13)3-2-4-9(10)19-12/h2-4,17H,1H3,(H,15,16,18)/b7-6-.